The lowest BCUT2D eigenvalue weighted by Crippen LogP contribution is -2.35. The molecule has 2 N–H and O–H groups in total. The second-order valence-electron chi connectivity index (χ2n) is 6.72. The number of benzene rings is 2. The quantitative estimate of drug-likeness (QED) is 0.574. The molecule has 0 saturated carbocycles. The lowest BCUT2D eigenvalue weighted by Gasteiger charge is -2.17. The van der Waals surface area contributed by atoms with E-state index in [2.05, 4.69) is 47.3 Å². The van der Waals surface area contributed by atoms with Gasteiger partial charge in [-0.25, -0.2) is 0 Å². The predicted molar refractivity (Wildman–Crippen MR) is 119 cm³/mol. The van der Waals surface area contributed by atoms with Gasteiger partial charge in [0.15, 0.2) is 5.11 Å². The van der Waals surface area contributed by atoms with Crippen LogP contribution in [0.4, 0.5) is 5.69 Å². The number of nitrogens with one attached hydrogen (secondary N) is 2. The van der Waals surface area contributed by atoms with Crippen molar-refractivity contribution in [2.24, 2.45) is 5.92 Å². The van der Waals surface area contributed by atoms with Gasteiger partial charge in [0.25, 0.3) is 5.91 Å². The summed E-state index contributed by atoms with van der Waals surface area (Å²) in [5.74, 6) is 0.595. The van der Waals surface area contributed by atoms with Gasteiger partial charge < -0.3 is 10.1 Å². The van der Waals surface area contributed by atoms with Crippen LogP contribution >= 0.6 is 28.1 Å². The van der Waals surface area contributed by atoms with Gasteiger partial charge in [-0.3, -0.25) is 10.1 Å². The van der Waals surface area contributed by atoms with Crippen molar-refractivity contribution in [1.82, 2.24) is 5.32 Å². The fourth-order valence-corrected chi connectivity index (χ4v) is 3.14. The summed E-state index contributed by atoms with van der Waals surface area (Å²) in [6.07, 6.45) is 0.874. The average Bonchev–Trinajstić information content (AvgIpc) is 2.62. The van der Waals surface area contributed by atoms with E-state index in [1.165, 1.54) is 0 Å². The zero-order valence-electron chi connectivity index (χ0n) is 16.1. The Hall–Kier alpha value is -1.92. The smallest absolute Gasteiger partial charge is 0.261 e. The molecule has 0 heterocycles. The molecule has 0 aliphatic rings. The summed E-state index contributed by atoms with van der Waals surface area (Å²) >= 11 is 8.78. The maximum Gasteiger partial charge on any atom is 0.261 e. The fraction of sp³-hybridized carbons (Fsp3) is 0.333. The first-order valence-electron chi connectivity index (χ1n) is 8.95. The zero-order valence-corrected chi connectivity index (χ0v) is 18.5. The van der Waals surface area contributed by atoms with E-state index >= 15 is 0 Å². The van der Waals surface area contributed by atoms with Gasteiger partial charge in [0.1, 0.15) is 5.75 Å². The summed E-state index contributed by atoms with van der Waals surface area (Å²) in [5, 5.41) is 6.18. The Morgan fingerprint density at radius 3 is 2.67 bits per heavy atom. The minimum atomic E-state index is -0.306. The zero-order chi connectivity index (χ0) is 20.0. The summed E-state index contributed by atoms with van der Waals surface area (Å²) in [4.78, 5) is 12.8. The number of para-hydroxylation sites is 1. The fourth-order valence-electron chi connectivity index (χ4n) is 2.58. The molecule has 0 unspecified atom stereocenters. The van der Waals surface area contributed by atoms with Crippen LogP contribution in [0, 0.1) is 12.8 Å². The highest BCUT2D eigenvalue weighted by molar-refractivity contribution is 9.10. The van der Waals surface area contributed by atoms with Crippen LogP contribution in [0.25, 0.3) is 0 Å². The van der Waals surface area contributed by atoms with Gasteiger partial charge in [0.05, 0.1) is 12.2 Å². The summed E-state index contributed by atoms with van der Waals surface area (Å²) in [7, 11) is 0. The van der Waals surface area contributed by atoms with E-state index < -0.39 is 0 Å². The number of hydrogen-bond donors (Lipinski definition) is 2. The molecule has 1 amide bonds. The van der Waals surface area contributed by atoms with E-state index in [0.29, 0.717) is 23.8 Å². The molecule has 4 nitrogen and oxygen atoms in total. The largest absolute Gasteiger partial charge is 0.492 e. The molecule has 6 heteroatoms. The molecule has 0 bridgehead atoms. The summed E-state index contributed by atoms with van der Waals surface area (Å²) < 4.78 is 6.59. The highest BCUT2D eigenvalue weighted by atomic mass is 79.9. The normalized spacial score (nSPS) is 10.6. The maximum atomic E-state index is 12.8. The number of ether oxygens (including phenoxy) is 1. The molecule has 0 aromatic heterocycles. The Bertz CT molecular complexity index is 837. The number of carbonyl (C=O) groups is 1. The third kappa shape index (κ3) is 6.04. The van der Waals surface area contributed by atoms with Gasteiger partial charge in [-0.2, -0.15) is 0 Å². The Morgan fingerprint density at radius 2 is 2.00 bits per heavy atom. The van der Waals surface area contributed by atoms with Crippen LogP contribution < -0.4 is 15.4 Å². The molecule has 2 rings (SSSR count). The number of amides is 1. The van der Waals surface area contributed by atoms with Gasteiger partial charge in [0.2, 0.25) is 0 Å². The Balaban J connectivity index is 2.15. The number of aryl methyl sites for hydroxylation is 2. The molecular weight excluding hydrogens is 424 g/mol. The van der Waals surface area contributed by atoms with Gasteiger partial charge in [0, 0.05) is 10.2 Å². The number of halogens is 1. The van der Waals surface area contributed by atoms with Crippen LogP contribution in [0.3, 0.4) is 0 Å². The van der Waals surface area contributed by atoms with E-state index in [9.17, 15) is 4.79 Å². The first-order valence-corrected chi connectivity index (χ1v) is 10.1. The SMILES string of the molecule is CCc1cccc(C)c1NC(=S)NC(=O)c1cc(Br)ccc1OCC(C)C. The minimum absolute atomic E-state index is 0.263. The van der Waals surface area contributed by atoms with E-state index in [-0.39, 0.29) is 11.0 Å². The van der Waals surface area contributed by atoms with Crippen molar-refractivity contribution >= 4 is 44.9 Å². The number of hydrogen-bond acceptors (Lipinski definition) is 3. The second-order valence-corrected chi connectivity index (χ2v) is 8.04. The minimum Gasteiger partial charge on any atom is -0.492 e. The van der Waals surface area contributed by atoms with E-state index in [4.69, 9.17) is 17.0 Å². The molecule has 2 aromatic rings. The highest BCUT2D eigenvalue weighted by Crippen LogP contribution is 2.24. The van der Waals surface area contributed by atoms with Gasteiger partial charge in [-0.1, -0.05) is 54.9 Å². The van der Waals surface area contributed by atoms with Crippen LogP contribution in [0.1, 0.15) is 42.3 Å². The molecule has 0 fully saturated rings. The first-order chi connectivity index (χ1) is 12.8. The third-order valence-corrected chi connectivity index (χ3v) is 4.66. The number of rotatable bonds is 6. The lowest BCUT2D eigenvalue weighted by atomic mass is 10.1. The summed E-state index contributed by atoms with van der Waals surface area (Å²) in [5.41, 5.74) is 3.61. The Labute approximate surface area is 174 Å². The topological polar surface area (TPSA) is 50.4 Å². The molecular formula is C21H25BrN2O2S. The van der Waals surface area contributed by atoms with Crippen LogP contribution in [0.2, 0.25) is 0 Å². The Morgan fingerprint density at radius 1 is 1.26 bits per heavy atom. The second kappa shape index (κ2) is 9.85. The van der Waals surface area contributed by atoms with Crippen LogP contribution in [0.5, 0.6) is 5.75 Å². The van der Waals surface area contributed by atoms with E-state index in [1.807, 2.05) is 31.2 Å². The molecule has 0 saturated heterocycles. The van der Waals surface area contributed by atoms with Crippen molar-refractivity contribution in [1.29, 1.82) is 0 Å². The van der Waals surface area contributed by atoms with Crippen molar-refractivity contribution in [2.75, 3.05) is 11.9 Å². The number of anilines is 1. The molecule has 0 aliphatic carbocycles. The average molecular weight is 449 g/mol. The van der Waals surface area contributed by atoms with Crippen molar-refractivity contribution in [2.45, 2.75) is 34.1 Å². The molecule has 0 radical (unpaired) electrons. The third-order valence-electron chi connectivity index (χ3n) is 3.96. The standard InChI is InChI=1S/C21H25BrN2O2S/c1-5-15-8-6-7-14(4)19(15)23-21(27)24-20(25)17-11-16(22)9-10-18(17)26-12-13(2)3/h6-11,13H,5,12H2,1-4H3,(H2,23,24,25,27). The molecule has 0 aliphatic heterocycles. The molecule has 144 valence electrons. The summed E-state index contributed by atoms with van der Waals surface area (Å²) in [6, 6.07) is 11.4. The van der Waals surface area contributed by atoms with Crippen LogP contribution in [-0.2, 0) is 6.42 Å². The van der Waals surface area contributed by atoms with Crippen LogP contribution in [-0.4, -0.2) is 17.6 Å². The molecule has 2 aromatic carbocycles. The van der Waals surface area contributed by atoms with E-state index in [0.717, 1.165) is 27.7 Å². The first kappa shape index (κ1) is 21.4. The van der Waals surface area contributed by atoms with E-state index in [1.54, 1.807) is 12.1 Å². The molecule has 0 spiro atoms. The van der Waals surface area contributed by atoms with Crippen molar-refractivity contribution in [3.05, 3.63) is 57.6 Å². The maximum absolute atomic E-state index is 12.8. The lowest BCUT2D eigenvalue weighted by molar-refractivity contribution is 0.0973. The van der Waals surface area contributed by atoms with Crippen molar-refractivity contribution in [3.63, 3.8) is 0 Å². The highest BCUT2D eigenvalue weighted by Gasteiger charge is 2.16. The summed E-state index contributed by atoms with van der Waals surface area (Å²) in [6.45, 7) is 8.75. The van der Waals surface area contributed by atoms with Crippen molar-refractivity contribution < 1.29 is 9.53 Å². The van der Waals surface area contributed by atoms with Gasteiger partial charge in [-0.05, 0) is 60.8 Å². The van der Waals surface area contributed by atoms with Crippen molar-refractivity contribution in [3.8, 4) is 5.75 Å². The number of thiocarbonyl (C=S) groups is 1. The Kier molecular flexibility index (Phi) is 7.80. The van der Waals surface area contributed by atoms with Crippen LogP contribution in [0.15, 0.2) is 40.9 Å². The predicted octanol–water partition coefficient (Wildman–Crippen LogP) is 5.48. The monoisotopic (exact) mass is 448 g/mol. The number of carbonyl (C=O) groups excluding carboxylic acids is 1. The molecule has 0 atom stereocenters. The van der Waals surface area contributed by atoms with Gasteiger partial charge in [-0.15, -0.1) is 0 Å². The van der Waals surface area contributed by atoms with Gasteiger partial charge >= 0.3 is 0 Å². The molecule has 27 heavy (non-hydrogen) atoms.